The molecule has 1 aliphatic rings. The van der Waals surface area contributed by atoms with E-state index < -0.39 is 0 Å². The lowest BCUT2D eigenvalue weighted by molar-refractivity contribution is -0.129. The van der Waals surface area contributed by atoms with Crippen molar-refractivity contribution >= 4 is 11.7 Å². The van der Waals surface area contributed by atoms with Crippen LogP contribution in [0.25, 0.3) is 0 Å². The van der Waals surface area contributed by atoms with Crippen LogP contribution in [-0.2, 0) is 4.79 Å². The van der Waals surface area contributed by atoms with Gasteiger partial charge in [-0.3, -0.25) is 9.59 Å². The lowest BCUT2D eigenvalue weighted by Crippen LogP contribution is -2.27. The van der Waals surface area contributed by atoms with E-state index in [1.54, 1.807) is 12.1 Å². The molecule has 0 bridgehead atoms. The largest absolute Gasteiger partial charge is 0.341 e. The molecule has 1 saturated heterocycles. The van der Waals surface area contributed by atoms with E-state index in [0.29, 0.717) is 18.5 Å². The normalized spacial score (nSPS) is 17.7. The molecule has 0 radical (unpaired) electrons. The zero-order valence-corrected chi connectivity index (χ0v) is 11.1. The van der Waals surface area contributed by atoms with Gasteiger partial charge in [-0.2, -0.15) is 0 Å². The van der Waals surface area contributed by atoms with E-state index in [2.05, 4.69) is 11.8 Å². The zero-order chi connectivity index (χ0) is 13.7. The number of nitrogens with zero attached hydrogens (tertiary/aromatic N) is 1. The van der Waals surface area contributed by atoms with E-state index in [1.807, 2.05) is 30.0 Å². The minimum Gasteiger partial charge on any atom is -0.341 e. The van der Waals surface area contributed by atoms with Gasteiger partial charge in [0.15, 0.2) is 0 Å². The van der Waals surface area contributed by atoms with Crippen molar-refractivity contribution in [3.8, 4) is 11.8 Å². The number of rotatable bonds is 2. The molecule has 3 heteroatoms. The van der Waals surface area contributed by atoms with Crippen molar-refractivity contribution in [3.05, 3.63) is 35.9 Å². The number of likely N-dealkylation sites (tertiary alicyclic amines) is 1. The Morgan fingerprint density at radius 2 is 2.05 bits per heavy atom. The fourth-order valence-corrected chi connectivity index (χ4v) is 2.16. The molecule has 0 saturated carbocycles. The highest BCUT2D eigenvalue weighted by atomic mass is 16.2. The molecule has 19 heavy (non-hydrogen) atoms. The topological polar surface area (TPSA) is 37.4 Å². The second-order valence-corrected chi connectivity index (χ2v) is 4.64. The van der Waals surface area contributed by atoms with Crippen molar-refractivity contribution in [1.29, 1.82) is 0 Å². The van der Waals surface area contributed by atoms with Crippen molar-refractivity contribution in [2.24, 2.45) is 5.92 Å². The van der Waals surface area contributed by atoms with Crippen LogP contribution in [0.1, 0.15) is 30.1 Å². The van der Waals surface area contributed by atoms with E-state index in [1.165, 1.54) is 0 Å². The standard InChI is InChI=1S/C16H17NO2/c1-2-16(19)17-11-10-13(12-17)8-9-15(18)14-6-4-3-5-7-14/h3-7,13H,2,10-12H2,1H3. The SMILES string of the molecule is CCC(=O)N1CCC(C#CC(=O)c2ccccc2)C1. The van der Waals surface area contributed by atoms with Crippen LogP contribution < -0.4 is 0 Å². The number of carbonyl (C=O) groups excluding carboxylic acids is 2. The highest BCUT2D eigenvalue weighted by Crippen LogP contribution is 2.16. The van der Waals surface area contributed by atoms with Crippen molar-refractivity contribution < 1.29 is 9.59 Å². The first-order valence-corrected chi connectivity index (χ1v) is 6.59. The second-order valence-electron chi connectivity index (χ2n) is 4.64. The molecule has 1 aromatic carbocycles. The summed E-state index contributed by atoms with van der Waals surface area (Å²) in [6, 6.07) is 9.05. The Hall–Kier alpha value is -2.08. The summed E-state index contributed by atoms with van der Waals surface area (Å²) in [7, 11) is 0. The third kappa shape index (κ3) is 3.45. The molecular formula is C16H17NO2. The molecule has 1 aromatic rings. The maximum absolute atomic E-state index is 11.8. The Kier molecular flexibility index (Phi) is 4.35. The number of amides is 1. The van der Waals surface area contributed by atoms with Crippen LogP contribution in [0.4, 0.5) is 0 Å². The van der Waals surface area contributed by atoms with Crippen molar-refractivity contribution in [2.75, 3.05) is 13.1 Å². The Labute approximate surface area is 113 Å². The molecular weight excluding hydrogens is 238 g/mol. The highest BCUT2D eigenvalue weighted by Gasteiger charge is 2.23. The second kappa shape index (κ2) is 6.19. The first-order chi connectivity index (χ1) is 9.20. The van der Waals surface area contributed by atoms with Crippen molar-refractivity contribution in [2.45, 2.75) is 19.8 Å². The van der Waals surface area contributed by atoms with Gasteiger partial charge in [-0.25, -0.2) is 0 Å². The van der Waals surface area contributed by atoms with Gasteiger partial charge in [0.05, 0.1) is 0 Å². The lowest BCUT2D eigenvalue weighted by Gasteiger charge is -2.13. The molecule has 1 fully saturated rings. The number of hydrogen-bond donors (Lipinski definition) is 0. The van der Waals surface area contributed by atoms with E-state index in [9.17, 15) is 9.59 Å². The summed E-state index contributed by atoms with van der Waals surface area (Å²) in [4.78, 5) is 25.2. The Morgan fingerprint density at radius 1 is 1.32 bits per heavy atom. The molecule has 3 nitrogen and oxygen atoms in total. The smallest absolute Gasteiger partial charge is 0.235 e. The average Bonchev–Trinajstić information content (AvgIpc) is 2.93. The molecule has 98 valence electrons. The molecule has 0 spiro atoms. The quantitative estimate of drug-likeness (QED) is 0.461. The van der Waals surface area contributed by atoms with Crippen molar-refractivity contribution in [1.82, 2.24) is 4.90 Å². The molecule has 2 rings (SSSR count). The van der Waals surface area contributed by atoms with Crippen LogP contribution in [0.15, 0.2) is 30.3 Å². The maximum Gasteiger partial charge on any atom is 0.235 e. The van der Waals surface area contributed by atoms with Crippen LogP contribution in [0.3, 0.4) is 0 Å². The molecule has 1 amide bonds. The number of Topliss-reactive ketones (excluding diaryl/α,β-unsaturated/α-hetero) is 1. The predicted octanol–water partition coefficient (Wildman–Crippen LogP) is 2.13. The fraction of sp³-hybridized carbons (Fsp3) is 0.375. The molecule has 0 aromatic heterocycles. The summed E-state index contributed by atoms with van der Waals surface area (Å²) in [5.74, 6) is 5.83. The zero-order valence-electron chi connectivity index (χ0n) is 11.1. The number of benzene rings is 1. The van der Waals surface area contributed by atoms with E-state index in [0.717, 1.165) is 13.0 Å². The van der Waals surface area contributed by atoms with Gasteiger partial charge in [0, 0.05) is 31.0 Å². The van der Waals surface area contributed by atoms with Gasteiger partial charge >= 0.3 is 0 Å². The fourth-order valence-electron chi connectivity index (χ4n) is 2.16. The molecule has 1 unspecified atom stereocenters. The Bertz CT molecular complexity index is 525. The van der Waals surface area contributed by atoms with Gasteiger partial charge in [0.25, 0.3) is 0 Å². The summed E-state index contributed by atoms with van der Waals surface area (Å²) in [6.45, 7) is 3.27. The number of hydrogen-bond acceptors (Lipinski definition) is 2. The molecule has 1 heterocycles. The predicted molar refractivity (Wildman–Crippen MR) is 73.5 cm³/mol. The Morgan fingerprint density at radius 3 is 2.74 bits per heavy atom. The van der Waals surface area contributed by atoms with E-state index in [-0.39, 0.29) is 17.6 Å². The van der Waals surface area contributed by atoms with Gasteiger partial charge in [-0.15, -0.1) is 0 Å². The summed E-state index contributed by atoms with van der Waals surface area (Å²) in [5, 5.41) is 0. The van der Waals surface area contributed by atoms with E-state index in [4.69, 9.17) is 0 Å². The van der Waals surface area contributed by atoms with Crippen molar-refractivity contribution in [3.63, 3.8) is 0 Å². The maximum atomic E-state index is 11.8. The summed E-state index contributed by atoms with van der Waals surface area (Å²) in [5.41, 5.74) is 0.620. The van der Waals surface area contributed by atoms with Crippen LogP contribution in [-0.4, -0.2) is 29.7 Å². The van der Waals surface area contributed by atoms with Crippen LogP contribution in [0.2, 0.25) is 0 Å². The first-order valence-electron chi connectivity index (χ1n) is 6.59. The van der Waals surface area contributed by atoms with Gasteiger partial charge in [-0.05, 0) is 12.3 Å². The van der Waals surface area contributed by atoms with E-state index >= 15 is 0 Å². The highest BCUT2D eigenvalue weighted by molar-refractivity contribution is 6.08. The van der Waals surface area contributed by atoms with Gasteiger partial charge in [0.1, 0.15) is 0 Å². The monoisotopic (exact) mass is 255 g/mol. The average molecular weight is 255 g/mol. The molecule has 1 aliphatic heterocycles. The summed E-state index contributed by atoms with van der Waals surface area (Å²) >= 11 is 0. The summed E-state index contributed by atoms with van der Waals surface area (Å²) in [6.07, 6.45) is 1.39. The van der Waals surface area contributed by atoms with Gasteiger partial charge in [-0.1, -0.05) is 43.2 Å². The number of ketones is 1. The number of carbonyl (C=O) groups is 2. The molecule has 0 aliphatic carbocycles. The molecule has 1 atom stereocenters. The van der Waals surface area contributed by atoms with Gasteiger partial charge in [0.2, 0.25) is 11.7 Å². The minimum absolute atomic E-state index is 0.128. The third-order valence-corrected chi connectivity index (χ3v) is 3.27. The molecule has 0 N–H and O–H groups in total. The first kappa shape index (κ1) is 13.4. The van der Waals surface area contributed by atoms with Gasteiger partial charge < -0.3 is 4.90 Å². The lowest BCUT2D eigenvalue weighted by atomic mass is 10.1. The van der Waals surface area contributed by atoms with Crippen LogP contribution in [0, 0.1) is 17.8 Å². The Balaban J connectivity index is 1.95. The summed E-state index contributed by atoms with van der Waals surface area (Å²) < 4.78 is 0. The minimum atomic E-state index is -0.152. The van der Waals surface area contributed by atoms with Crippen LogP contribution in [0.5, 0.6) is 0 Å². The third-order valence-electron chi connectivity index (χ3n) is 3.27. The van der Waals surface area contributed by atoms with Crippen LogP contribution >= 0.6 is 0 Å².